The van der Waals surface area contributed by atoms with Gasteiger partial charge < -0.3 is 129 Å². The van der Waals surface area contributed by atoms with Crippen molar-refractivity contribution in [2.45, 2.75) is 154 Å². The molecule has 0 saturated carbocycles. The Balaban J connectivity index is 1.22. The average Bonchev–Trinajstić information content (AvgIpc) is 3.19. The molecular weight excluding hydrogens is 776 g/mol. The molecule has 328 valence electrons. The van der Waals surface area contributed by atoms with Crippen LogP contribution in [0.4, 0.5) is 0 Å². The predicted molar refractivity (Wildman–Crippen MR) is 167 cm³/mol. The van der Waals surface area contributed by atoms with Gasteiger partial charge in [0.1, 0.15) is 122 Å². The topological polar surface area (TPSA) is 427 Å². The van der Waals surface area contributed by atoms with Crippen LogP contribution in [0.3, 0.4) is 0 Å². The summed E-state index contributed by atoms with van der Waals surface area (Å²) in [6.45, 7) is -4.51. The van der Waals surface area contributed by atoms with Gasteiger partial charge >= 0.3 is 0 Å². The minimum atomic E-state index is -2.12. The molecule has 26 heteroatoms. The fraction of sp³-hybridized carbons (Fsp3) is 1.00. The lowest BCUT2D eigenvalue weighted by Crippen LogP contribution is -2.68. The first kappa shape index (κ1) is 46.0. The lowest BCUT2D eigenvalue weighted by Gasteiger charge is -2.49. The highest BCUT2D eigenvalue weighted by Gasteiger charge is 2.56. The number of hydrogen-bond donors (Lipinski definition) is 17. The standard InChI is InChI=1S/C30H52O26/c31-1-6-11(36)12(37)18(43)27(49-6)54-23-8(3-33)51-29(20(45)14(23)39)56-25-10(5-35)52-30(21(46)16(25)41)55-24-9(4-34)50-28(19(44)15(24)40)53-22-7(2-32)48-26(47)17(42)13(22)38/h6-47H,1-5H2/t6?,7?,8?,9?,10?,11-,12-,13+,14+,15+,16+,17?,18?,19?,20?,21?,22?,23?,24?,25?,26+,27-,28-,29-,30-/m0/s1. The molecule has 5 fully saturated rings. The molecule has 0 amide bonds. The maximum absolute atomic E-state index is 11.1. The maximum atomic E-state index is 11.1. The summed E-state index contributed by atoms with van der Waals surface area (Å²) in [4.78, 5) is 0. The van der Waals surface area contributed by atoms with Gasteiger partial charge in [-0.3, -0.25) is 0 Å². The molecule has 25 atom stereocenters. The van der Waals surface area contributed by atoms with E-state index in [9.17, 15) is 86.8 Å². The fourth-order valence-electron chi connectivity index (χ4n) is 7.03. The van der Waals surface area contributed by atoms with E-state index in [4.69, 9.17) is 42.6 Å². The van der Waals surface area contributed by atoms with Gasteiger partial charge in [-0.15, -0.1) is 0 Å². The van der Waals surface area contributed by atoms with Crippen LogP contribution in [0.5, 0.6) is 0 Å². The van der Waals surface area contributed by atoms with Gasteiger partial charge in [0, 0.05) is 0 Å². The molecule has 0 radical (unpaired) electrons. The normalized spacial score (nSPS) is 53.2. The summed E-state index contributed by atoms with van der Waals surface area (Å²) in [7, 11) is 0. The van der Waals surface area contributed by atoms with E-state index in [-0.39, 0.29) is 0 Å². The van der Waals surface area contributed by atoms with Gasteiger partial charge in [0.2, 0.25) is 0 Å². The van der Waals surface area contributed by atoms with E-state index in [0.29, 0.717) is 0 Å². The van der Waals surface area contributed by atoms with Crippen molar-refractivity contribution in [2.75, 3.05) is 33.0 Å². The van der Waals surface area contributed by atoms with Crippen LogP contribution in [0.25, 0.3) is 0 Å². The van der Waals surface area contributed by atoms with Crippen LogP contribution in [0, 0.1) is 0 Å². The van der Waals surface area contributed by atoms with Crippen molar-refractivity contribution >= 4 is 0 Å². The van der Waals surface area contributed by atoms with E-state index in [1.165, 1.54) is 0 Å². The minimum Gasteiger partial charge on any atom is -0.394 e. The number of ether oxygens (including phenoxy) is 9. The predicted octanol–water partition coefficient (Wildman–Crippen LogP) is -11.9. The highest BCUT2D eigenvalue weighted by atomic mass is 16.8. The summed E-state index contributed by atoms with van der Waals surface area (Å²) >= 11 is 0. The van der Waals surface area contributed by atoms with E-state index < -0.39 is 187 Å². The van der Waals surface area contributed by atoms with Crippen LogP contribution in [0.1, 0.15) is 0 Å². The van der Waals surface area contributed by atoms with Gasteiger partial charge in [0.25, 0.3) is 0 Å². The first-order chi connectivity index (χ1) is 26.5. The highest BCUT2D eigenvalue weighted by molar-refractivity contribution is 4.99. The average molecular weight is 829 g/mol. The second kappa shape index (κ2) is 19.6. The summed E-state index contributed by atoms with van der Waals surface area (Å²) < 4.78 is 49.1. The van der Waals surface area contributed by atoms with E-state index in [2.05, 4.69) is 0 Å². The highest BCUT2D eigenvalue weighted by Crippen LogP contribution is 2.35. The van der Waals surface area contributed by atoms with Crippen molar-refractivity contribution in [3.8, 4) is 0 Å². The molecule has 0 aromatic heterocycles. The molecule has 56 heavy (non-hydrogen) atoms. The zero-order valence-electron chi connectivity index (χ0n) is 29.2. The van der Waals surface area contributed by atoms with Crippen LogP contribution < -0.4 is 0 Å². The van der Waals surface area contributed by atoms with E-state index in [0.717, 1.165) is 0 Å². The Morgan fingerprint density at radius 2 is 0.518 bits per heavy atom. The number of rotatable bonds is 13. The molecule has 5 aliphatic rings. The zero-order valence-corrected chi connectivity index (χ0v) is 29.2. The van der Waals surface area contributed by atoms with Crippen LogP contribution in [-0.4, -0.2) is 273 Å². The third-order valence-electron chi connectivity index (χ3n) is 10.3. The summed E-state index contributed by atoms with van der Waals surface area (Å²) in [5.41, 5.74) is 0. The van der Waals surface area contributed by atoms with Crippen molar-refractivity contribution in [1.29, 1.82) is 0 Å². The Morgan fingerprint density at radius 1 is 0.268 bits per heavy atom. The lowest BCUT2D eigenvalue weighted by atomic mass is 9.95. The molecule has 0 bridgehead atoms. The molecule has 5 aliphatic heterocycles. The minimum absolute atomic E-state index is 0.811. The van der Waals surface area contributed by atoms with Gasteiger partial charge in [-0.2, -0.15) is 0 Å². The lowest BCUT2D eigenvalue weighted by molar-refractivity contribution is -0.392. The van der Waals surface area contributed by atoms with Gasteiger partial charge in [-0.25, -0.2) is 0 Å². The summed E-state index contributed by atoms with van der Waals surface area (Å²) in [5.74, 6) is 0. The third kappa shape index (κ3) is 9.16. The Kier molecular flexibility index (Phi) is 16.1. The Labute approximate surface area is 316 Å². The monoisotopic (exact) mass is 828 g/mol. The van der Waals surface area contributed by atoms with Gasteiger partial charge in [-0.05, 0) is 0 Å². The summed E-state index contributed by atoms with van der Waals surface area (Å²) in [6.07, 6.45) is -45.8. The molecule has 5 rings (SSSR count). The van der Waals surface area contributed by atoms with E-state index >= 15 is 0 Å². The smallest absolute Gasteiger partial charge is 0.187 e. The van der Waals surface area contributed by atoms with Crippen molar-refractivity contribution in [3.63, 3.8) is 0 Å². The largest absolute Gasteiger partial charge is 0.394 e. The molecule has 17 N–H and O–H groups in total. The molecule has 26 nitrogen and oxygen atoms in total. The second-order valence-electron chi connectivity index (χ2n) is 13.9. The molecule has 0 spiro atoms. The molecular formula is C30H52O26. The van der Waals surface area contributed by atoms with E-state index in [1.807, 2.05) is 0 Å². The first-order valence-electron chi connectivity index (χ1n) is 17.6. The zero-order chi connectivity index (χ0) is 41.3. The summed E-state index contributed by atoms with van der Waals surface area (Å²) in [6, 6.07) is 0. The quantitative estimate of drug-likeness (QED) is 0.0819. The van der Waals surface area contributed by atoms with Gasteiger partial charge in [0.05, 0.1) is 33.0 Å². The molecule has 0 aromatic carbocycles. The molecule has 5 heterocycles. The van der Waals surface area contributed by atoms with Crippen molar-refractivity contribution in [2.24, 2.45) is 0 Å². The Hall–Kier alpha value is -1.04. The van der Waals surface area contributed by atoms with Gasteiger partial charge in [-0.1, -0.05) is 0 Å². The number of hydrogen-bond acceptors (Lipinski definition) is 26. The van der Waals surface area contributed by atoms with Crippen LogP contribution in [0.15, 0.2) is 0 Å². The maximum Gasteiger partial charge on any atom is 0.187 e. The first-order valence-corrected chi connectivity index (χ1v) is 17.6. The van der Waals surface area contributed by atoms with Crippen LogP contribution in [-0.2, 0) is 42.6 Å². The molecule has 14 unspecified atom stereocenters. The Bertz CT molecular complexity index is 1200. The molecule has 0 aliphatic carbocycles. The van der Waals surface area contributed by atoms with Crippen molar-refractivity contribution in [3.05, 3.63) is 0 Å². The second-order valence-corrected chi connectivity index (χ2v) is 13.9. The van der Waals surface area contributed by atoms with Crippen molar-refractivity contribution < 1.29 is 129 Å². The molecule has 0 aromatic rings. The van der Waals surface area contributed by atoms with Crippen LogP contribution in [0.2, 0.25) is 0 Å². The number of aliphatic hydroxyl groups is 17. The summed E-state index contributed by atoms with van der Waals surface area (Å²) in [5, 5.41) is 176. The fourth-order valence-corrected chi connectivity index (χ4v) is 7.03. The van der Waals surface area contributed by atoms with Crippen molar-refractivity contribution in [1.82, 2.24) is 0 Å². The molecule has 5 saturated heterocycles. The van der Waals surface area contributed by atoms with E-state index in [1.54, 1.807) is 0 Å². The number of aliphatic hydroxyl groups excluding tert-OH is 17. The SMILES string of the molecule is OCC1O[C@@H](OC2C(CO)O[C@@H](OC3C(CO)O[C@@H](O)C(O)[C@H]3O)C(O)[C@H]2O)C(O)[C@@H](O)C1O[C@@H]1OC(CO)C(O[C@@H]2OC(CO)[C@H](O)[C@H](O)C2O)[C@H](O)C1O. The van der Waals surface area contributed by atoms with Gasteiger partial charge in [0.15, 0.2) is 31.5 Å². The third-order valence-corrected chi connectivity index (χ3v) is 10.3. The Morgan fingerprint density at radius 3 is 0.821 bits per heavy atom. The van der Waals surface area contributed by atoms with Crippen LogP contribution >= 0.6 is 0 Å².